The van der Waals surface area contributed by atoms with E-state index in [0.717, 1.165) is 41.5 Å². The third kappa shape index (κ3) is 3.97. The van der Waals surface area contributed by atoms with Crippen LogP contribution in [-0.4, -0.2) is 37.3 Å². The Morgan fingerprint density at radius 2 is 1.92 bits per heavy atom. The molecule has 25 heavy (non-hydrogen) atoms. The molecule has 1 aliphatic rings. The van der Waals surface area contributed by atoms with Crippen LogP contribution >= 0.6 is 0 Å². The van der Waals surface area contributed by atoms with E-state index in [1.807, 2.05) is 12.1 Å². The molecule has 3 rings (SSSR count). The van der Waals surface area contributed by atoms with Crippen LogP contribution in [0.1, 0.15) is 45.4 Å². The van der Waals surface area contributed by atoms with E-state index in [9.17, 15) is 0 Å². The van der Waals surface area contributed by atoms with Crippen LogP contribution in [0.25, 0.3) is 10.9 Å². The van der Waals surface area contributed by atoms with Crippen molar-refractivity contribution < 1.29 is 9.47 Å². The van der Waals surface area contributed by atoms with Crippen molar-refractivity contribution in [2.45, 2.75) is 45.4 Å². The molecule has 0 amide bonds. The van der Waals surface area contributed by atoms with Crippen LogP contribution in [0, 0.1) is 5.92 Å². The summed E-state index contributed by atoms with van der Waals surface area (Å²) in [4.78, 5) is 11.5. The number of hydrogen-bond donors (Lipinski definition) is 0. The first-order chi connectivity index (χ1) is 12.3. The first-order valence-corrected chi connectivity index (χ1v) is 9.38. The predicted molar refractivity (Wildman–Crippen MR) is 102 cm³/mol. The summed E-state index contributed by atoms with van der Waals surface area (Å²) in [5, 5.41) is 1.04. The number of unbranched alkanes of at least 4 members (excludes halogenated alkanes) is 2. The maximum atomic E-state index is 5.47. The van der Waals surface area contributed by atoms with Gasteiger partial charge in [-0.2, -0.15) is 0 Å². The largest absolute Gasteiger partial charge is 0.493 e. The molecule has 1 unspecified atom stereocenters. The fraction of sp³-hybridized carbons (Fsp3) is 0.600. The molecule has 2 aromatic rings. The van der Waals surface area contributed by atoms with Gasteiger partial charge in [0, 0.05) is 24.5 Å². The van der Waals surface area contributed by atoms with Crippen LogP contribution in [0.15, 0.2) is 18.5 Å². The number of rotatable bonds is 7. The zero-order valence-electron chi connectivity index (χ0n) is 15.6. The zero-order chi connectivity index (χ0) is 17.6. The van der Waals surface area contributed by atoms with E-state index in [4.69, 9.17) is 9.47 Å². The molecule has 0 bridgehead atoms. The number of methoxy groups -OCH3 is 2. The van der Waals surface area contributed by atoms with Gasteiger partial charge in [-0.3, -0.25) is 0 Å². The number of anilines is 1. The van der Waals surface area contributed by atoms with Gasteiger partial charge in [0.05, 0.1) is 19.7 Å². The summed E-state index contributed by atoms with van der Waals surface area (Å²) < 4.78 is 10.9. The van der Waals surface area contributed by atoms with E-state index in [2.05, 4.69) is 21.8 Å². The highest BCUT2D eigenvalue weighted by Gasteiger charge is 2.23. The van der Waals surface area contributed by atoms with E-state index in [-0.39, 0.29) is 0 Å². The third-order valence-corrected chi connectivity index (χ3v) is 5.15. The lowest BCUT2D eigenvalue weighted by Gasteiger charge is -2.34. The Morgan fingerprint density at radius 1 is 1.12 bits per heavy atom. The van der Waals surface area contributed by atoms with Crippen LogP contribution in [0.3, 0.4) is 0 Å². The minimum absolute atomic E-state index is 0.704. The third-order valence-electron chi connectivity index (χ3n) is 5.15. The van der Waals surface area contributed by atoms with Crippen molar-refractivity contribution in [3.05, 3.63) is 18.5 Å². The van der Waals surface area contributed by atoms with Crippen LogP contribution in [0.5, 0.6) is 11.5 Å². The Kier molecular flexibility index (Phi) is 5.95. The maximum Gasteiger partial charge on any atom is 0.162 e. The molecule has 0 aliphatic carbocycles. The average molecular weight is 343 g/mol. The van der Waals surface area contributed by atoms with Crippen LogP contribution in [0.4, 0.5) is 5.82 Å². The number of nitrogens with zero attached hydrogens (tertiary/aromatic N) is 3. The lowest BCUT2D eigenvalue weighted by atomic mass is 9.92. The molecule has 1 aromatic heterocycles. The molecule has 0 N–H and O–H groups in total. The predicted octanol–water partition coefficient (Wildman–Crippen LogP) is 4.44. The second-order valence-electron chi connectivity index (χ2n) is 6.87. The topological polar surface area (TPSA) is 47.5 Å². The highest BCUT2D eigenvalue weighted by molar-refractivity contribution is 5.92. The fourth-order valence-electron chi connectivity index (χ4n) is 3.80. The van der Waals surface area contributed by atoms with Gasteiger partial charge in [-0.25, -0.2) is 9.97 Å². The Bertz CT molecular complexity index is 705. The van der Waals surface area contributed by atoms with Gasteiger partial charge in [-0.1, -0.05) is 26.2 Å². The molecule has 5 nitrogen and oxygen atoms in total. The van der Waals surface area contributed by atoms with Gasteiger partial charge in [0.25, 0.3) is 0 Å². The van der Waals surface area contributed by atoms with Crippen LogP contribution in [0.2, 0.25) is 0 Å². The quantitative estimate of drug-likeness (QED) is 0.695. The van der Waals surface area contributed by atoms with E-state index in [1.54, 1.807) is 20.5 Å². The summed E-state index contributed by atoms with van der Waals surface area (Å²) in [7, 11) is 3.31. The first-order valence-electron chi connectivity index (χ1n) is 9.38. The molecule has 1 fully saturated rings. The summed E-state index contributed by atoms with van der Waals surface area (Å²) in [5.41, 5.74) is 0.899. The molecular formula is C20H29N3O2. The molecule has 2 heterocycles. The Morgan fingerprint density at radius 3 is 2.68 bits per heavy atom. The fourth-order valence-corrected chi connectivity index (χ4v) is 3.80. The molecule has 1 atom stereocenters. The normalized spacial score (nSPS) is 17.7. The Hall–Kier alpha value is -2.04. The van der Waals surface area contributed by atoms with E-state index in [1.165, 1.54) is 38.5 Å². The average Bonchev–Trinajstić information content (AvgIpc) is 2.66. The highest BCUT2D eigenvalue weighted by Crippen LogP contribution is 2.36. The molecule has 136 valence electrons. The summed E-state index contributed by atoms with van der Waals surface area (Å²) in [6.07, 6.45) is 9.51. The number of hydrogen-bond acceptors (Lipinski definition) is 5. The van der Waals surface area contributed by atoms with Gasteiger partial charge in [0.1, 0.15) is 12.1 Å². The van der Waals surface area contributed by atoms with Crippen molar-refractivity contribution in [3.8, 4) is 11.5 Å². The smallest absolute Gasteiger partial charge is 0.162 e. The molecule has 1 aliphatic heterocycles. The van der Waals surface area contributed by atoms with Gasteiger partial charge in [0.15, 0.2) is 11.5 Å². The summed E-state index contributed by atoms with van der Waals surface area (Å²) in [6, 6.07) is 3.94. The SMILES string of the molecule is CCCCCC1CCCN(c2ncnc3cc(OC)c(OC)cc23)C1. The van der Waals surface area contributed by atoms with Gasteiger partial charge >= 0.3 is 0 Å². The number of ether oxygens (including phenoxy) is 2. The number of fused-ring (bicyclic) bond motifs is 1. The van der Waals surface area contributed by atoms with Crippen molar-refractivity contribution in [3.63, 3.8) is 0 Å². The van der Waals surface area contributed by atoms with Crippen molar-refractivity contribution in [2.75, 3.05) is 32.2 Å². The molecule has 1 aromatic carbocycles. The zero-order valence-corrected chi connectivity index (χ0v) is 15.6. The lowest BCUT2D eigenvalue weighted by Crippen LogP contribution is -2.36. The van der Waals surface area contributed by atoms with Crippen molar-refractivity contribution in [2.24, 2.45) is 5.92 Å². The Balaban J connectivity index is 1.87. The highest BCUT2D eigenvalue weighted by atomic mass is 16.5. The lowest BCUT2D eigenvalue weighted by molar-refractivity contribution is 0.355. The Labute approximate surface area is 150 Å². The maximum absolute atomic E-state index is 5.47. The minimum Gasteiger partial charge on any atom is -0.493 e. The summed E-state index contributed by atoms with van der Waals surface area (Å²) in [5.74, 6) is 3.22. The van der Waals surface area contributed by atoms with E-state index in [0.29, 0.717) is 5.75 Å². The molecule has 5 heteroatoms. The molecule has 1 saturated heterocycles. The van der Waals surface area contributed by atoms with Gasteiger partial charge in [0.2, 0.25) is 0 Å². The minimum atomic E-state index is 0.704. The van der Waals surface area contributed by atoms with Gasteiger partial charge in [-0.15, -0.1) is 0 Å². The van der Waals surface area contributed by atoms with Crippen LogP contribution in [-0.2, 0) is 0 Å². The van der Waals surface area contributed by atoms with Crippen LogP contribution < -0.4 is 14.4 Å². The molecule has 0 saturated carbocycles. The van der Waals surface area contributed by atoms with Crippen molar-refractivity contribution in [1.82, 2.24) is 9.97 Å². The van der Waals surface area contributed by atoms with Gasteiger partial charge in [-0.05, 0) is 31.2 Å². The molecule has 0 radical (unpaired) electrons. The second-order valence-corrected chi connectivity index (χ2v) is 6.87. The molecular weight excluding hydrogens is 314 g/mol. The van der Waals surface area contributed by atoms with E-state index < -0.39 is 0 Å². The number of aromatic nitrogens is 2. The summed E-state index contributed by atoms with van der Waals surface area (Å²) >= 11 is 0. The second kappa shape index (κ2) is 8.37. The van der Waals surface area contributed by atoms with E-state index >= 15 is 0 Å². The molecule has 0 spiro atoms. The number of benzene rings is 1. The number of piperidine rings is 1. The monoisotopic (exact) mass is 343 g/mol. The van der Waals surface area contributed by atoms with Crippen molar-refractivity contribution in [1.29, 1.82) is 0 Å². The van der Waals surface area contributed by atoms with Crippen molar-refractivity contribution >= 4 is 16.7 Å². The summed E-state index contributed by atoms with van der Waals surface area (Å²) in [6.45, 7) is 4.41. The van der Waals surface area contributed by atoms with Gasteiger partial charge < -0.3 is 14.4 Å². The first kappa shape index (κ1) is 17.8. The standard InChI is InChI=1S/C20H29N3O2/c1-4-5-6-8-15-9-7-10-23(13-15)20-16-11-18(24-2)19(25-3)12-17(16)21-14-22-20/h11-12,14-15H,4-10,13H2,1-3H3.